The molecule has 10 heteroatoms. The summed E-state index contributed by atoms with van der Waals surface area (Å²) in [7, 11) is 1.66. The summed E-state index contributed by atoms with van der Waals surface area (Å²) >= 11 is 0. The van der Waals surface area contributed by atoms with Crippen LogP contribution in [0.2, 0.25) is 0 Å². The van der Waals surface area contributed by atoms with Gasteiger partial charge >= 0.3 is 12.4 Å². The fourth-order valence-corrected chi connectivity index (χ4v) is 4.08. The van der Waals surface area contributed by atoms with Crippen molar-refractivity contribution in [1.29, 1.82) is 0 Å². The second-order valence-corrected chi connectivity index (χ2v) is 8.27. The van der Waals surface area contributed by atoms with Gasteiger partial charge in [-0.3, -0.25) is 4.79 Å². The number of fused-ring (bicyclic) bond motifs is 1. The molecule has 192 valence electrons. The number of hydrogen-bond donors (Lipinski definition) is 2. The molecule has 0 unspecified atom stereocenters. The summed E-state index contributed by atoms with van der Waals surface area (Å²) in [6.45, 7) is -0.199. The van der Waals surface area contributed by atoms with Gasteiger partial charge in [0.05, 0.1) is 11.1 Å². The van der Waals surface area contributed by atoms with Gasteiger partial charge in [0.2, 0.25) is 0 Å². The van der Waals surface area contributed by atoms with Crippen molar-refractivity contribution < 1.29 is 31.1 Å². The number of nitrogens with one attached hydrogen (secondary N) is 2. The van der Waals surface area contributed by atoms with Gasteiger partial charge in [0.25, 0.3) is 5.91 Å². The fraction of sp³-hybridized carbons (Fsp3) is 0.185. The first-order chi connectivity index (χ1) is 17.5. The van der Waals surface area contributed by atoms with E-state index in [2.05, 4.69) is 15.6 Å². The molecule has 0 spiro atoms. The van der Waals surface area contributed by atoms with E-state index in [0.717, 1.165) is 16.3 Å². The maximum absolute atomic E-state index is 13.2. The Bertz CT molecular complexity index is 1400. The molecule has 2 N–H and O–H groups in total. The monoisotopic (exact) mass is 517 g/mol. The summed E-state index contributed by atoms with van der Waals surface area (Å²) in [6.07, 6.45) is -10.1. The lowest BCUT2D eigenvalue weighted by Crippen LogP contribution is -2.27. The van der Waals surface area contributed by atoms with Crippen LogP contribution in [0.5, 0.6) is 0 Å². The molecule has 0 radical (unpaired) electrons. The normalized spacial score (nSPS) is 12.0. The molecule has 0 fully saturated rings. The predicted molar refractivity (Wildman–Crippen MR) is 129 cm³/mol. The zero-order chi connectivity index (χ0) is 26.8. The lowest BCUT2D eigenvalue weighted by atomic mass is 9.96. The van der Waals surface area contributed by atoms with Crippen LogP contribution >= 0.6 is 0 Å². The number of carbonyl (C=O) groups is 1. The number of rotatable bonds is 6. The highest BCUT2D eigenvalue weighted by atomic mass is 19.4. The van der Waals surface area contributed by atoms with E-state index in [1.807, 2.05) is 54.6 Å². The molecule has 0 aliphatic heterocycles. The summed E-state index contributed by atoms with van der Waals surface area (Å²) in [5, 5.41) is 7.10. The molecule has 4 nitrogen and oxygen atoms in total. The van der Waals surface area contributed by atoms with Gasteiger partial charge in [0.1, 0.15) is 11.5 Å². The number of aromatic nitrogens is 1. The van der Waals surface area contributed by atoms with Gasteiger partial charge in [0.15, 0.2) is 0 Å². The molecular formula is C27H21F6N3O. The van der Waals surface area contributed by atoms with Crippen LogP contribution in [0.1, 0.15) is 27.2 Å². The largest absolute Gasteiger partial charge is 0.416 e. The Hall–Kier alpha value is -4.08. The van der Waals surface area contributed by atoms with Gasteiger partial charge < -0.3 is 10.6 Å². The summed E-state index contributed by atoms with van der Waals surface area (Å²) in [5.74, 6) is -0.155. The van der Waals surface area contributed by atoms with E-state index >= 15 is 0 Å². The number of hydrogen-bond acceptors (Lipinski definition) is 3. The second-order valence-electron chi connectivity index (χ2n) is 8.27. The van der Waals surface area contributed by atoms with E-state index in [0.29, 0.717) is 23.5 Å². The highest BCUT2D eigenvalue weighted by Crippen LogP contribution is 2.37. The van der Waals surface area contributed by atoms with Gasteiger partial charge in [-0.15, -0.1) is 0 Å². The van der Waals surface area contributed by atoms with Gasteiger partial charge in [-0.1, -0.05) is 54.6 Å². The number of halogens is 6. The Morgan fingerprint density at radius 2 is 1.38 bits per heavy atom. The van der Waals surface area contributed by atoms with Crippen LogP contribution in [0, 0.1) is 0 Å². The Kier molecular flexibility index (Phi) is 7.11. The number of carbonyl (C=O) groups excluding carboxylic acids is 1. The molecule has 1 aromatic heterocycles. The molecule has 3 aromatic carbocycles. The van der Waals surface area contributed by atoms with Crippen LogP contribution in [-0.2, 0) is 18.8 Å². The molecule has 0 saturated heterocycles. The summed E-state index contributed by atoms with van der Waals surface area (Å²) in [5.41, 5.74) is -1.63. The minimum atomic E-state index is -4.94. The van der Waals surface area contributed by atoms with Gasteiger partial charge in [-0.2, -0.15) is 26.3 Å². The van der Waals surface area contributed by atoms with E-state index in [1.54, 1.807) is 7.05 Å². The number of nitrogens with zero attached hydrogens (tertiary/aromatic N) is 1. The third kappa shape index (κ3) is 5.68. The highest BCUT2D eigenvalue weighted by molar-refractivity contribution is 6.11. The Morgan fingerprint density at radius 1 is 0.811 bits per heavy atom. The number of pyridine rings is 1. The van der Waals surface area contributed by atoms with Crippen molar-refractivity contribution in [3.63, 3.8) is 0 Å². The third-order valence-electron chi connectivity index (χ3n) is 5.77. The Labute approximate surface area is 208 Å². The Balaban J connectivity index is 1.66. The summed E-state index contributed by atoms with van der Waals surface area (Å²) < 4.78 is 79.0. The van der Waals surface area contributed by atoms with E-state index in [1.165, 1.54) is 0 Å². The molecule has 4 aromatic rings. The van der Waals surface area contributed by atoms with Crippen molar-refractivity contribution in [1.82, 2.24) is 10.3 Å². The van der Waals surface area contributed by atoms with E-state index in [4.69, 9.17) is 0 Å². The van der Waals surface area contributed by atoms with Crippen LogP contribution < -0.4 is 10.6 Å². The number of alkyl halides is 6. The molecule has 0 aliphatic carbocycles. The lowest BCUT2D eigenvalue weighted by Gasteiger charge is -2.16. The minimum absolute atomic E-state index is 0.0759. The van der Waals surface area contributed by atoms with Crippen LogP contribution in [-0.4, -0.2) is 24.5 Å². The quantitative estimate of drug-likeness (QED) is 0.272. The maximum Gasteiger partial charge on any atom is 0.416 e. The molecule has 4 rings (SSSR count). The molecular weight excluding hydrogens is 496 g/mol. The van der Waals surface area contributed by atoms with Gasteiger partial charge in [0, 0.05) is 24.5 Å². The minimum Gasteiger partial charge on any atom is -0.373 e. The first-order valence-electron chi connectivity index (χ1n) is 11.2. The number of amides is 1. The summed E-state index contributed by atoms with van der Waals surface area (Å²) in [6, 6.07) is 17.8. The van der Waals surface area contributed by atoms with Crippen molar-refractivity contribution in [3.05, 3.63) is 95.2 Å². The molecule has 37 heavy (non-hydrogen) atoms. The molecule has 1 amide bonds. The maximum atomic E-state index is 13.2. The average Bonchev–Trinajstić information content (AvgIpc) is 2.87. The fourth-order valence-electron chi connectivity index (χ4n) is 4.08. The SMILES string of the molecule is CNc1nc(C(=O)NCCc2cc(C(F)(F)F)cc(C(F)(F)F)c2)c(-c2ccccc2)c2ccccc12. The van der Waals surface area contributed by atoms with Crippen molar-refractivity contribution in [3.8, 4) is 11.1 Å². The van der Waals surface area contributed by atoms with Crippen molar-refractivity contribution in [2.45, 2.75) is 18.8 Å². The van der Waals surface area contributed by atoms with Crippen LogP contribution in [0.3, 0.4) is 0 Å². The lowest BCUT2D eigenvalue weighted by molar-refractivity contribution is -0.143. The molecule has 0 bridgehead atoms. The van der Waals surface area contributed by atoms with Crippen molar-refractivity contribution in [2.75, 3.05) is 18.9 Å². The zero-order valence-electron chi connectivity index (χ0n) is 19.5. The zero-order valence-corrected chi connectivity index (χ0v) is 19.5. The van der Waals surface area contributed by atoms with E-state index in [9.17, 15) is 31.1 Å². The molecule has 1 heterocycles. The number of anilines is 1. The number of benzene rings is 3. The first-order valence-corrected chi connectivity index (χ1v) is 11.2. The van der Waals surface area contributed by atoms with Crippen LogP contribution in [0.25, 0.3) is 21.9 Å². The van der Waals surface area contributed by atoms with Gasteiger partial charge in [-0.05, 0) is 41.1 Å². The molecule has 0 saturated carbocycles. The average molecular weight is 517 g/mol. The van der Waals surface area contributed by atoms with Gasteiger partial charge in [-0.25, -0.2) is 4.98 Å². The first kappa shape index (κ1) is 26.0. The Morgan fingerprint density at radius 3 is 1.95 bits per heavy atom. The van der Waals surface area contributed by atoms with E-state index in [-0.39, 0.29) is 30.3 Å². The van der Waals surface area contributed by atoms with Crippen LogP contribution in [0.15, 0.2) is 72.8 Å². The smallest absolute Gasteiger partial charge is 0.373 e. The third-order valence-corrected chi connectivity index (χ3v) is 5.77. The van der Waals surface area contributed by atoms with Crippen LogP contribution in [0.4, 0.5) is 32.2 Å². The molecule has 0 aliphatic rings. The summed E-state index contributed by atoms with van der Waals surface area (Å²) in [4.78, 5) is 17.7. The van der Waals surface area contributed by atoms with E-state index < -0.39 is 29.4 Å². The van der Waals surface area contributed by atoms with Crippen molar-refractivity contribution >= 4 is 22.5 Å². The standard InChI is InChI=1S/C27H21F6N3O/c1-34-24-21-10-6-5-9-20(21)22(17-7-3-2-4-8-17)23(36-24)25(37)35-12-11-16-13-18(26(28,29)30)15-19(14-16)27(31,32)33/h2-10,13-15H,11-12H2,1H3,(H,34,36)(H,35,37). The van der Waals surface area contributed by atoms with Crippen molar-refractivity contribution in [2.24, 2.45) is 0 Å². The highest BCUT2D eigenvalue weighted by Gasteiger charge is 2.36. The second kappa shape index (κ2) is 10.1. The topological polar surface area (TPSA) is 54.0 Å². The molecule has 0 atom stereocenters. The predicted octanol–water partition coefficient (Wildman–Crippen LogP) is 6.95.